The lowest BCUT2D eigenvalue weighted by Gasteiger charge is -2.18. The van der Waals surface area contributed by atoms with E-state index in [2.05, 4.69) is 4.98 Å². The normalized spacial score (nSPS) is 10.4. The second-order valence-corrected chi connectivity index (χ2v) is 7.99. The van der Waals surface area contributed by atoms with Crippen molar-refractivity contribution in [1.82, 2.24) is 9.88 Å². The van der Waals surface area contributed by atoms with Gasteiger partial charge in [0.2, 0.25) is 0 Å². The Labute approximate surface area is 207 Å². The van der Waals surface area contributed by atoms with Crippen LogP contribution in [-0.4, -0.2) is 22.8 Å². The van der Waals surface area contributed by atoms with E-state index in [0.29, 0.717) is 17.7 Å². The predicted octanol–water partition coefficient (Wildman–Crippen LogP) is 6.40. The predicted molar refractivity (Wildman–Crippen MR) is 129 cm³/mol. The molecule has 0 atom stereocenters. The number of amides is 1. The van der Waals surface area contributed by atoms with E-state index in [1.54, 1.807) is 36.2 Å². The van der Waals surface area contributed by atoms with E-state index in [1.807, 2.05) is 36.4 Å². The number of rotatable bonds is 7. The van der Waals surface area contributed by atoms with Gasteiger partial charge < -0.3 is 14.4 Å². The van der Waals surface area contributed by atoms with Gasteiger partial charge in [-0.3, -0.25) is 4.79 Å². The zero-order valence-electron chi connectivity index (χ0n) is 19.5. The van der Waals surface area contributed by atoms with E-state index in [-0.39, 0.29) is 23.0 Å². The summed E-state index contributed by atoms with van der Waals surface area (Å²) in [6, 6.07) is 23.7. The number of ether oxygens (including phenoxy) is 2. The van der Waals surface area contributed by atoms with Crippen LogP contribution in [0.2, 0.25) is 0 Å². The molecule has 0 unspecified atom stereocenters. The lowest BCUT2D eigenvalue weighted by Crippen LogP contribution is -2.26. The van der Waals surface area contributed by atoms with Crippen LogP contribution in [0, 0.1) is 29.9 Å². The Morgan fingerprint density at radius 3 is 2.17 bits per heavy atom. The first-order valence-electron chi connectivity index (χ1n) is 11.0. The maximum atomic E-state index is 14.8. The number of nitriles is 1. The lowest BCUT2D eigenvalue weighted by molar-refractivity contribution is 0.0784. The maximum absolute atomic E-state index is 14.8. The average Bonchev–Trinajstić information content (AvgIpc) is 2.90. The zero-order valence-corrected chi connectivity index (χ0v) is 19.5. The molecule has 0 radical (unpaired) electrons. The molecule has 0 saturated heterocycles. The first-order chi connectivity index (χ1) is 17.4. The molecular formula is C28H21F2N3O3. The van der Waals surface area contributed by atoms with Crippen LogP contribution in [0.4, 0.5) is 8.78 Å². The first kappa shape index (κ1) is 24.4. The van der Waals surface area contributed by atoms with Crippen molar-refractivity contribution in [2.75, 3.05) is 7.05 Å². The molecule has 0 spiro atoms. The number of carbonyl (C=O) groups is 1. The lowest BCUT2D eigenvalue weighted by atomic mass is 10.1. The third-order valence-electron chi connectivity index (χ3n) is 5.32. The molecule has 0 bridgehead atoms. The third kappa shape index (κ3) is 5.47. The van der Waals surface area contributed by atoms with E-state index < -0.39 is 23.4 Å². The Bertz CT molecular complexity index is 1450. The maximum Gasteiger partial charge on any atom is 0.259 e. The smallest absolute Gasteiger partial charge is 0.259 e. The van der Waals surface area contributed by atoms with Crippen LogP contribution in [0.5, 0.6) is 23.3 Å². The summed E-state index contributed by atoms with van der Waals surface area (Å²) in [7, 11) is 1.68. The van der Waals surface area contributed by atoms with Gasteiger partial charge in [-0.15, -0.1) is 0 Å². The SMILES string of the molecule is Cc1c(F)c(Oc2cccc(C#N)c2)nc(Oc2cccc(C(=O)N(C)Cc3ccccc3)c2)c1F. The fourth-order valence-corrected chi connectivity index (χ4v) is 3.44. The highest BCUT2D eigenvalue weighted by Crippen LogP contribution is 2.33. The van der Waals surface area contributed by atoms with Crippen molar-refractivity contribution in [2.24, 2.45) is 0 Å². The first-order valence-corrected chi connectivity index (χ1v) is 11.0. The minimum atomic E-state index is -0.997. The molecule has 8 heteroatoms. The fraction of sp³-hybridized carbons (Fsp3) is 0.107. The Balaban J connectivity index is 1.57. The summed E-state index contributed by atoms with van der Waals surface area (Å²) in [5.41, 5.74) is 1.26. The molecule has 1 aromatic heterocycles. The molecule has 0 aliphatic rings. The monoisotopic (exact) mass is 485 g/mol. The van der Waals surface area contributed by atoms with E-state index >= 15 is 0 Å². The van der Waals surface area contributed by atoms with Crippen molar-refractivity contribution in [3.05, 3.63) is 113 Å². The quantitative estimate of drug-likeness (QED) is 0.303. The van der Waals surface area contributed by atoms with Crippen molar-refractivity contribution in [1.29, 1.82) is 5.26 Å². The summed E-state index contributed by atoms with van der Waals surface area (Å²) < 4.78 is 40.6. The molecule has 4 rings (SSSR count). The summed E-state index contributed by atoms with van der Waals surface area (Å²) in [6.07, 6.45) is 0. The van der Waals surface area contributed by atoms with Gasteiger partial charge in [0.25, 0.3) is 17.7 Å². The number of halogens is 2. The van der Waals surface area contributed by atoms with Crippen molar-refractivity contribution >= 4 is 5.91 Å². The van der Waals surface area contributed by atoms with Gasteiger partial charge >= 0.3 is 0 Å². The summed E-state index contributed by atoms with van der Waals surface area (Å²) in [5.74, 6) is -2.96. The molecule has 6 nitrogen and oxygen atoms in total. The van der Waals surface area contributed by atoms with Crippen molar-refractivity contribution in [2.45, 2.75) is 13.5 Å². The molecule has 4 aromatic rings. The number of nitrogens with zero attached hydrogens (tertiary/aromatic N) is 3. The zero-order chi connectivity index (χ0) is 25.7. The fourth-order valence-electron chi connectivity index (χ4n) is 3.44. The average molecular weight is 485 g/mol. The second kappa shape index (κ2) is 10.7. The van der Waals surface area contributed by atoms with E-state index in [0.717, 1.165) is 5.56 Å². The van der Waals surface area contributed by atoms with Crippen LogP contribution in [0.15, 0.2) is 78.9 Å². The largest absolute Gasteiger partial charge is 0.436 e. The molecular weight excluding hydrogens is 464 g/mol. The second-order valence-electron chi connectivity index (χ2n) is 7.99. The number of hydrogen-bond donors (Lipinski definition) is 0. The highest BCUT2D eigenvalue weighted by Gasteiger charge is 2.21. The van der Waals surface area contributed by atoms with E-state index in [9.17, 15) is 13.6 Å². The summed E-state index contributed by atoms with van der Waals surface area (Å²) in [5, 5.41) is 9.05. The van der Waals surface area contributed by atoms with Gasteiger partial charge in [0.15, 0.2) is 11.6 Å². The summed E-state index contributed by atoms with van der Waals surface area (Å²) in [4.78, 5) is 18.3. The Morgan fingerprint density at radius 2 is 1.53 bits per heavy atom. The Kier molecular flexibility index (Phi) is 7.21. The molecule has 180 valence electrons. The number of aromatic nitrogens is 1. The molecule has 3 aromatic carbocycles. The summed E-state index contributed by atoms with van der Waals surface area (Å²) in [6.45, 7) is 1.64. The van der Waals surface area contributed by atoms with Gasteiger partial charge in [-0.1, -0.05) is 42.5 Å². The molecule has 0 aliphatic carbocycles. The van der Waals surface area contributed by atoms with Crippen LogP contribution < -0.4 is 9.47 Å². The number of benzene rings is 3. The molecule has 0 aliphatic heterocycles. The topological polar surface area (TPSA) is 75.5 Å². The van der Waals surface area contributed by atoms with Gasteiger partial charge in [-0.05, 0) is 48.9 Å². The molecule has 36 heavy (non-hydrogen) atoms. The van der Waals surface area contributed by atoms with E-state index in [4.69, 9.17) is 14.7 Å². The van der Waals surface area contributed by atoms with Crippen LogP contribution in [0.25, 0.3) is 0 Å². The van der Waals surface area contributed by atoms with Crippen LogP contribution in [0.1, 0.15) is 27.0 Å². The molecule has 1 amide bonds. The minimum Gasteiger partial charge on any atom is -0.436 e. The van der Waals surface area contributed by atoms with Crippen LogP contribution in [-0.2, 0) is 6.54 Å². The molecule has 1 heterocycles. The third-order valence-corrected chi connectivity index (χ3v) is 5.32. The van der Waals surface area contributed by atoms with Crippen molar-refractivity contribution in [3.8, 4) is 29.3 Å². The highest BCUT2D eigenvalue weighted by molar-refractivity contribution is 5.94. The number of pyridine rings is 1. The van der Waals surface area contributed by atoms with Crippen molar-refractivity contribution < 1.29 is 23.0 Å². The standard InChI is InChI=1S/C28H21F2N3O3/c1-18-24(29)26(35-22-12-6-10-20(14-22)16-31)32-27(25(18)30)36-23-13-7-11-21(15-23)28(34)33(2)17-19-8-4-3-5-9-19/h3-15H,17H2,1-2H3. The van der Waals surface area contributed by atoms with Gasteiger partial charge in [-0.2, -0.15) is 10.2 Å². The molecule has 0 saturated carbocycles. The van der Waals surface area contributed by atoms with Gasteiger partial charge in [-0.25, -0.2) is 8.78 Å². The summed E-state index contributed by atoms with van der Waals surface area (Å²) >= 11 is 0. The minimum absolute atomic E-state index is 0.142. The highest BCUT2D eigenvalue weighted by atomic mass is 19.1. The molecule has 0 N–H and O–H groups in total. The van der Waals surface area contributed by atoms with Crippen molar-refractivity contribution in [3.63, 3.8) is 0 Å². The Hall–Kier alpha value is -4.77. The Morgan fingerprint density at radius 1 is 0.917 bits per heavy atom. The number of carbonyl (C=O) groups excluding carboxylic acids is 1. The number of hydrogen-bond acceptors (Lipinski definition) is 5. The van der Waals surface area contributed by atoms with Crippen LogP contribution in [0.3, 0.4) is 0 Å². The van der Waals surface area contributed by atoms with Gasteiger partial charge in [0.05, 0.1) is 11.6 Å². The van der Waals surface area contributed by atoms with Gasteiger partial charge in [0, 0.05) is 24.7 Å². The van der Waals surface area contributed by atoms with E-state index in [1.165, 1.54) is 31.2 Å². The van der Waals surface area contributed by atoms with Crippen LogP contribution >= 0.6 is 0 Å². The molecule has 0 fully saturated rings. The van der Waals surface area contributed by atoms with Gasteiger partial charge in [0.1, 0.15) is 11.5 Å².